The van der Waals surface area contributed by atoms with E-state index in [2.05, 4.69) is 10.4 Å². The number of halogens is 3. The first kappa shape index (κ1) is 14.2. The van der Waals surface area contributed by atoms with Gasteiger partial charge in [-0.25, -0.2) is 0 Å². The minimum absolute atomic E-state index is 0.222. The summed E-state index contributed by atoms with van der Waals surface area (Å²) in [5.41, 5.74) is 2.39. The number of hydrogen-bond acceptors (Lipinski definition) is 2. The Hall–Kier alpha value is -1.20. The predicted octanol–water partition coefficient (Wildman–Crippen LogP) is 3.57. The highest BCUT2D eigenvalue weighted by atomic mass is 19.4. The average Bonchev–Trinajstić information content (AvgIpc) is 2.55. The van der Waals surface area contributed by atoms with E-state index in [4.69, 9.17) is 0 Å². The molecule has 1 aliphatic rings. The topological polar surface area (TPSA) is 29.9 Å². The molecule has 0 saturated heterocycles. The Kier molecular flexibility index (Phi) is 3.78. The SMILES string of the molecule is Cc1nn(C)c(C)c1NC1CCCCC1C(F)(F)F. The summed E-state index contributed by atoms with van der Waals surface area (Å²) in [5, 5.41) is 7.33. The number of nitrogens with one attached hydrogen (secondary N) is 1. The fourth-order valence-corrected chi connectivity index (χ4v) is 2.86. The monoisotopic (exact) mass is 275 g/mol. The Labute approximate surface area is 111 Å². The van der Waals surface area contributed by atoms with Gasteiger partial charge in [-0.1, -0.05) is 12.8 Å². The Morgan fingerprint density at radius 2 is 1.84 bits per heavy atom. The van der Waals surface area contributed by atoms with Crippen LogP contribution in [-0.4, -0.2) is 22.0 Å². The maximum atomic E-state index is 13.0. The maximum absolute atomic E-state index is 13.0. The van der Waals surface area contributed by atoms with Gasteiger partial charge in [0.25, 0.3) is 0 Å². The van der Waals surface area contributed by atoms with Crippen molar-refractivity contribution in [2.75, 3.05) is 5.32 Å². The average molecular weight is 275 g/mol. The molecule has 19 heavy (non-hydrogen) atoms. The van der Waals surface area contributed by atoms with Crippen LogP contribution in [-0.2, 0) is 7.05 Å². The number of anilines is 1. The van der Waals surface area contributed by atoms with Gasteiger partial charge in [0.2, 0.25) is 0 Å². The van der Waals surface area contributed by atoms with E-state index in [1.54, 1.807) is 11.7 Å². The van der Waals surface area contributed by atoms with Crippen molar-refractivity contribution in [2.24, 2.45) is 13.0 Å². The van der Waals surface area contributed by atoms with Crippen LogP contribution in [0.15, 0.2) is 0 Å². The third kappa shape index (κ3) is 2.87. The lowest BCUT2D eigenvalue weighted by molar-refractivity contribution is -0.184. The van der Waals surface area contributed by atoms with E-state index < -0.39 is 18.1 Å². The van der Waals surface area contributed by atoms with Gasteiger partial charge in [-0.2, -0.15) is 18.3 Å². The molecule has 2 atom stereocenters. The van der Waals surface area contributed by atoms with Crippen molar-refractivity contribution in [1.29, 1.82) is 0 Å². The highest BCUT2D eigenvalue weighted by Crippen LogP contribution is 2.39. The molecule has 0 bridgehead atoms. The molecule has 1 aliphatic carbocycles. The van der Waals surface area contributed by atoms with Crippen LogP contribution in [0.2, 0.25) is 0 Å². The number of alkyl halides is 3. The second-order valence-corrected chi connectivity index (χ2v) is 5.35. The summed E-state index contributed by atoms with van der Waals surface area (Å²) < 4.78 is 40.8. The van der Waals surface area contributed by atoms with Gasteiger partial charge in [0.1, 0.15) is 0 Å². The Bertz CT molecular complexity index is 451. The second kappa shape index (κ2) is 5.06. The second-order valence-electron chi connectivity index (χ2n) is 5.35. The molecule has 0 spiro atoms. The van der Waals surface area contributed by atoms with E-state index in [1.165, 1.54) is 0 Å². The molecule has 6 heteroatoms. The van der Waals surface area contributed by atoms with Crippen LogP contribution in [0.4, 0.5) is 18.9 Å². The molecule has 2 rings (SSSR count). The van der Waals surface area contributed by atoms with Crippen LogP contribution in [0.25, 0.3) is 0 Å². The van der Waals surface area contributed by atoms with Crippen molar-refractivity contribution in [3.05, 3.63) is 11.4 Å². The minimum atomic E-state index is -4.12. The van der Waals surface area contributed by atoms with Gasteiger partial charge in [-0.15, -0.1) is 0 Å². The molecule has 0 amide bonds. The summed E-state index contributed by atoms with van der Waals surface area (Å²) in [4.78, 5) is 0. The lowest BCUT2D eigenvalue weighted by Gasteiger charge is -2.34. The van der Waals surface area contributed by atoms with Gasteiger partial charge in [0.15, 0.2) is 0 Å². The van der Waals surface area contributed by atoms with Crippen LogP contribution in [0.5, 0.6) is 0 Å². The molecule has 1 aromatic rings. The van der Waals surface area contributed by atoms with Crippen molar-refractivity contribution in [3.63, 3.8) is 0 Å². The van der Waals surface area contributed by atoms with Crippen molar-refractivity contribution in [2.45, 2.75) is 51.7 Å². The van der Waals surface area contributed by atoms with Crippen molar-refractivity contribution < 1.29 is 13.2 Å². The molecule has 108 valence electrons. The summed E-state index contributed by atoms with van der Waals surface area (Å²) in [5.74, 6) is -1.25. The third-order valence-corrected chi connectivity index (χ3v) is 4.03. The molecule has 1 heterocycles. The summed E-state index contributed by atoms with van der Waals surface area (Å²) in [7, 11) is 1.80. The minimum Gasteiger partial charge on any atom is -0.379 e. The molecule has 0 radical (unpaired) electrons. The maximum Gasteiger partial charge on any atom is 0.393 e. The van der Waals surface area contributed by atoms with Crippen LogP contribution in [0.3, 0.4) is 0 Å². The third-order valence-electron chi connectivity index (χ3n) is 4.03. The van der Waals surface area contributed by atoms with E-state index in [1.807, 2.05) is 13.8 Å². The highest BCUT2D eigenvalue weighted by molar-refractivity contribution is 5.52. The quantitative estimate of drug-likeness (QED) is 0.894. The molecular weight excluding hydrogens is 255 g/mol. The predicted molar refractivity (Wildman–Crippen MR) is 68.1 cm³/mol. The van der Waals surface area contributed by atoms with Crippen LogP contribution in [0, 0.1) is 19.8 Å². The van der Waals surface area contributed by atoms with Gasteiger partial charge in [0.05, 0.1) is 23.0 Å². The van der Waals surface area contributed by atoms with E-state index in [0.717, 1.165) is 23.5 Å². The number of nitrogens with zero attached hydrogens (tertiary/aromatic N) is 2. The summed E-state index contributed by atoms with van der Waals surface area (Å²) in [6.45, 7) is 3.69. The molecule has 0 aromatic carbocycles. The Balaban J connectivity index is 2.20. The largest absolute Gasteiger partial charge is 0.393 e. The summed E-state index contributed by atoms with van der Waals surface area (Å²) >= 11 is 0. The number of aromatic nitrogens is 2. The first-order chi connectivity index (χ1) is 8.80. The van der Waals surface area contributed by atoms with Gasteiger partial charge < -0.3 is 5.32 Å². The summed E-state index contributed by atoms with van der Waals surface area (Å²) in [6.07, 6.45) is -1.82. The normalized spacial score (nSPS) is 24.5. The molecule has 0 aliphatic heterocycles. The lowest BCUT2D eigenvalue weighted by Crippen LogP contribution is -2.41. The van der Waals surface area contributed by atoms with E-state index in [-0.39, 0.29) is 6.42 Å². The highest BCUT2D eigenvalue weighted by Gasteiger charge is 2.45. The molecule has 3 nitrogen and oxygen atoms in total. The van der Waals surface area contributed by atoms with Crippen molar-refractivity contribution >= 4 is 5.69 Å². The summed E-state index contributed by atoms with van der Waals surface area (Å²) in [6, 6.07) is -0.532. The van der Waals surface area contributed by atoms with Crippen LogP contribution in [0.1, 0.15) is 37.1 Å². The number of rotatable bonds is 2. The lowest BCUT2D eigenvalue weighted by atomic mass is 9.84. The Morgan fingerprint density at radius 3 is 2.37 bits per heavy atom. The number of aryl methyl sites for hydroxylation is 2. The molecule has 2 unspecified atom stereocenters. The van der Waals surface area contributed by atoms with Crippen LogP contribution < -0.4 is 5.32 Å². The molecule has 1 saturated carbocycles. The molecule has 1 aromatic heterocycles. The van der Waals surface area contributed by atoms with Crippen LogP contribution >= 0.6 is 0 Å². The standard InChI is InChI=1S/C13H20F3N3/c1-8-12(9(2)19(3)18-8)17-11-7-5-4-6-10(11)13(14,15)16/h10-11,17H,4-7H2,1-3H3. The first-order valence-electron chi connectivity index (χ1n) is 6.64. The fourth-order valence-electron chi connectivity index (χ4n) is 2.86. The zero-order valence-corrected chi connectivity index (χ0v) is 11.5. The molecule has 1 N–H and O–H groups in total. The van der Waals surface area contributed by atoms with Crippen molar-refractivity contribution in [1.82, 2.24) is 9.78 Å². The van der Waals surface area contributed by atoms with Gasteiger partial charge >= 0.3 is 6.18 Å². The molecular formula is C13H20F3N3. The Morgan fingerprint density at radius 1 is 1.21 bits per heavy atom. The van der Waals surface area contributed by atoms with Gasteiger partial charge in [0, 0.05) is 13.1 Å². The van der Waals surface area contributed by atoms with Crippen molar-refractivity contribution in [3.8, 4) is 0 Å². The zero-order valence-electron chi connectivity index (χ0n) is 11.5. The van der Waals surface area contributed by atoms with E-state index in [9.17, 15) is 13.2 Å². The van der Waals surface area contributed by atoms with Gasteiger partial charge in [-0.3, -0.25) is 4.68 Å². The first-order valence-corrected chi connectivity index (χ1v) is 6.64. The van der Waals surface area contributed by atoms with E-state index >= 15 is 0 Å². The number of hydrogen-bond donors (Lipinski definition) is 1. The molecule has 1 fully saturated rings. The fraction of sp³-hybridized carbons (Fsp3) is 0.769. The van der Waals surface area contributed by atoms with Gasteiger partial charge in [-0.05, 0) is 26.7 Å². The zero-order chi connectivity index (χ0) is 14.2. The smallest absolute Gasteiger partial charge is 0.379 e. The van der Waals surface area contributed by atoms with E-state index in [0.29, 0.717) is 12.8 Å².